The number of likely N-dealkylation sites (N-methyl/N-ethyl adjacent to an activating group) is 1. The second kappa shape index (κ2) is 7.13. The molecule has 0 radical (unpaired) electrons. The Bertz CT molecular complexity index is 1120. The predicted octanol–water partition coefficient (Wildman–Crippen LogP) is 2.98. The summed E-state index contributed by atoms with van der Waals surface area (Å²) < 4.78 is 12.2. The highest BCUT2D eigenvalue weighted by Gasteiger charge is 2.58. The molecule has 3 atom stereocenters. The summed E-state index contributed by atoms with van der Waals surface area (Å²) in [5, 5.41) is 21.1. The second-order valence-electron chi connectivity index (χ2n) is 8.55. The molecular formula is C23H23ClN4O3. The quantitative estimate of drug-likeness (QED) is 0.709. The maximum Gasteiger partial charge on any atom is 0.194 e. The van der Waals surface area contributed by atoms with Gasteiger partial charge in [0, 0.05) is 30.7 Å². The van der Waals surface area contributed by atoms with Gasteiger partial charge in [-0.25, -0.2) is 4.99 Å². The Kier molecular flexibility index (Phi) is 4.63. The average Bonchev–Trinajstić information content (AvgIpc) is 2.97. The van der Waals surface area contributed by atoms with Crippen molar-refractivity contribution in [1.82, 2.24) is 4.90 Å². The number of halogens is 1. The van der Waals surface area contributed by atoms with Crippen molar-refractivity contribution in [2.75, 3.05) is 20.3 Å². The number of nitriles is 1. The van der Waals surface area contributed by atoms with E-state index >= 15 is 0 Å². The third-order valence-electron chi connectivity index (χ3n) is 6.48. The van der Waals surface area contributed by atoms with Gasteiger partial charge in [-0.15, -0.1) is 0 Å². The van der Waals surface area contributed by atoms with Crippen LogP contribution in [-0.2, 0) is 10.3 Å². The molecule has 2 aromatic rings. The van der Waals surface area contributed by atoms with Crippen LogP contribution in [0.15, 0.2) is 41.4 Å². The van der Waals surface area contributed by atoms with Crippen LogP contribution in [-0.4, -0.2) is 48.1 Å². The second-order valence-corrected chi connectivity index (χ2v) is 8.98. The van der Waals surface area contributed by atoms with Crippen molar-refractivity contribution >= 4 is 17.6 Å². The number of fused-ring (bicyclic) bond motifs is 2. The number of rotatable bonds is 1. The molecule has 5 rings (SSSR count). The molecule has 0 aromatic heterocycles. The first kappa shape index (κ1) is 20.1. The van der Waals surface area contributed by atoms with Crippen LogP contribution in [0.4, 0.5) is 0 Å². The van der Waals surface area contributed by atoms with E-state index in [1.807, 2.05) is 24.3 Å². The number of guanidine groups is 1. The van der Waals surface area contributed by atoms with Gasteiger partial charge in [-0.3, -0.25) is 0 Å². The highest BCUT2D eigenvalue weighted by molar-refractivity contribution is 6.31. The van der Waals surface area contributed by atoms with E-state index in [1.165, 1.54) is 0 Å². The Morgan fingerprint density at radius 3 is 2.81 bits per heavy atom. The molecule has 8 heteroatoms. The van der Waals surface area contributed by atoms with Crippen LogP contribution in [0.2, 0.25) is 5.02 Å². The number of aliphatic hydroxyl groups is 1. The number of aliphatic imine (C=N–C) groups is 1. The van der Waals surface area contributed by atoms with E-state index in [1.54, 1.807) is 24.1 Å². The molecule has 3 N–H and O–H groups in total. The zero-order chi connectivity index (χ0) is 21.8. The van der Waals surface area contributed by atoms with Crippen LogP contribution in [0.25, 0.3) is 11.1 Å². The van der Waals surface area contributed by atoms with Crippen LogP contribution in [0.5, 0.6) is 5.75 Å². The SMILES string of the molecule is CN1C(N)=NC2(CC3(CCCOC3)Oc3ccc(-c4cc(Cl)cc(C#N)c4)cc32)C1O. The van der Waals surface area contributed by atoms with Crippen molar-refractivity contribution in [3.05, 3.63) is 52.5 Å². The molecule has 2 spiro atoms. The fourth-order valence-corrected chi connectivity index (χ4v) is 5.21. The van der Waals surface area contributed by atoms with E-state index < -0.39 is 17.4 Å². The number of ether oxygens (including phenoxy) is 2. The maximum atomic E-state index is 11.3. The topological polar surface area (TPSA) is 104 Å². The maximum absolute atomic E-state index is 11.3. The van der Waals surface area contributed by atoms with Crippen LogP contribution in [0, 0.1) is 11.3 Å². The van der Waals surface area contributed by atoms with E-state index in [9.17, 15) is 10.4 Å². The smallest absolute Gasteiger partial charge is 0.194 e. The molecular weight excluding hydrogens is 416 g/mol. The van der Waals surface area contributed by atoms with Crippen molar-refractivity contribution < 1.29 is 14.6 Å². The van der Waals surface area contributed by atoms with Crippen LogP contribution < -0.4 is 10.5 Å². The average molecular weight is 439 g/mol. The number of hydrogen-bond donors (Lipinski definition) is 2. The molecule has 3 aliphatic rings. The van der Waals surface area contributed by atoms with Crippen molar-refractivity contribution in [2.24, 2.45) is 10.7 Å². The minimum absolute atomic E-state index is 0.284. The Morgan fingerprint density at radius 2 is 2.13 bits per heavy atom. The van der Waals surface area contributed by atoms with Gasteiger partial charge in [0.25, 0.3) is 0 Å². The van der Waals surface area contributed by atoms with Gasteiger partial charge in [0.15, 0.2) is 12.2 Å². The van der Waals surface area contributed by atoms with Crippen molar-refractivity contribution in [2.45, 2.75) is 36.6 Å². The number of benzene rings is 2. The number of aliphatic hydroxyl groups excluding tert-OH is 1. The summed E-state index contributed by atoms with van der Waals surface area (Å²) in [4.78, 5) is 6.36. The van der Waals surface area contributed by atoms with Crippen LogP contribution >= 0.6 is 11.6 Å². The van der Waals surface area contributed by atoms with Gasteiger partial charge >= 0.3 is 0 Å². The van der Waals surface area contributed by atoms with E-state index in [-0.39, 0.29) is 5.96 Å². The minimum atomic E-state index is -0.972. The fourth-order valence-electron chi connectivity index (χ4n) is 4.98. The first-order chi connectivity index (χ1) is 14.9. The molecule has 0 amide bonds. The summed E-state index contributed by atoms with van der Waals surface area (Å²) >= 11 is 6.23. The van der Waals surface area contributed by atoms with E-state index in [2.05, 4.69) is 6.07 Å². The van der Waals surface area contributed by atoms with Gasteiger partial charge < -0.3 is 25.2 Å². The molecule has 7 nitrogen and oxygen atoms in total. The number of nitrogens with two attached hydrogens (primary N) is 1. The predicted molar refractivity (Wildman–Crippen MR) is 117 cm³/mol. The lowest BCUT2D eigenvalue weighted by Crippen LogP contribution is -2.56. The third-order valence-corrected chi connectivity index (χ3v) is 6.70. The summed E-state index contributed by atoms with van der Waals surface area (Å²) in [5.74, 6) is 0.945. The van der Waals surface area contributed by atoms with Gasteiger partial charge in [-0.1, -0.05) is 17.7 Å². The Morgan fingerprint density at radius 1 is 1.29 bits per heavy atom. The van der Waals surface area contributed by atoms with Gasteiger partial charge in [-0.05, 0) is 54.3 Å². The summed E-state index contributed by atoms with van der Waals surface area (Å²) in [6.45, 7) is 1.15. The highest BCUT2D eigenvalue weighted by Crippen LogP contribution is 2.53. The fraction of sp³-hybridized carbons (Fsp3) is 0.391. The first-order valence-electron chi connectivity index (χ1n) is 10.2. The molecule has 2 aromatic carbocycles. The number of hydrogen-bond acceptors (Lipinski definition) is 7. The summed E-state index contributed by atoms with van der Waals surface area (Å²) in [7, 11) is 1.73. The molecule has 0 bridgehead atoms. The molecule has 31 heavy (non-hydrogen) atoms. The third kappa shape index (κ3) is 3.14. The lowest BCUT2D eigenvalue weighted by Gasteiger charge is -2.48. The Balaban J connectivity index is 1.68. The summed E-state index contributed by atoms with van der Waals surface area (Å²) in [6, 6.07) is 13.1. The van der Waals surface area contributed by atoms with E-state index in [0.717, 1.165) is 29.5 Å². The van der Waals surface area contributed by atoms with Gasteiger partial charge in [0.2, 0.25) is 0 Å². The van der Waals surface area contributed by atoms with Crippen molar-refractivity contribution in [3.8, 4) is 22.9 Å². The zero-order valence-corrected chi connectivity index (χ0v) is 17.9. The van der Waals surface area contributed by atoms with Gasteiger partial charge in [0.05, 0.1) is 18.2 Å². The Labute approximate surface area is 185 Å². The van der Waals surface area contributed by atoms with Crippen LogP contribution in [0.1, 0.15) is 30.4 Å². The normalized spacial score (nSPS) is 29.4. The lowest BCUT2D eigenvalue weighted by molar-refractivity contribution is -0.115. The lowest BCUT2D eigenvalue weighted by atomic mass is 9.73. The molecule has 3 heterocycles. The van der Waals surface area contributed by atoms with Crippen molar-refractivity contribution in [1.29, 1.82) is 5.26 Å². The molecule has 0 saturated carbocycles. The Hall–Kier alpha value is -2.79. The molecule has 3 unspecified atom stereocenters. The zero-order valence-electron chi connectivity index (χ0n) is 17.1. The summed E-state index contributed by atoms with van der Waals surface area (Å²) in [6.07, 6.45) is 1.23. The molecule has 0 aliphatic carbocycles. The van der Waals surface area contributed by atoms with Gasteiger partial charge in [-0.2, -0.15) is 5.26 Å². The molecule has 1 fully saturated rings. The van der Waals surface area contributed by atoms with Gasteiger partial charge in [0.1, 0.15) is 16.9 Å². The van der Waals surface area contributed by atoms with Crippen LogP contribution in [0.3, 0.4) is 0 Å². The minimum Gasteiger partial charge on any atom is -0.484 e. The van der Waals surface area contributed by atoms with E-state index in [0.29, 0.717) is 36.0 Å². The van der Waals surface area contributed by atoms with Crippen molar-refractivity contribution in [3.63, 3.8) is 0 Å². The highest BCUT2D eigenvalue weighted by atomic mass is 35.5. The molecule has 1 saturated heterocycles. The first-order valence-corrected chi connectivity index (χ1v) is 10.6. The summed E-state index contributed by atoms with van der Waals surface area (Å²) in [5.41, 5.74) is 7.51. The number of nitrogens with zero attached hydrogens (tertiary/aromatic N) is 3. The largest absolute Gasteiger partial charge is 0.484 e. The monoisotopic (exact) mass is 438 g/mol. The van der Waals surface area contributed by atoms with E-state index in [4.69, 9.17) is 31.8 Å². The molecule has 160 valence electrons. The molecule has 3 aliphatic heterocycles. The standard InChI is InChI=1S/C23H23ClN4O3/c1-28-20(29)23(27-21(28)26)12-22(5-2-6-30-13-22)31-19-4-3-15(10-18(19)23)16-7-14(11-25)8-17(24)9-16/h3-4,7-10,20,29H,2,5-6,12-13H2,1H3,(H2,26,27).